The summed E-state index contributed by atoms with van der Waals surface area (Å²) in [5.41, 5.74) is 2.68. The summed E-state index contributed by atoms with van der Waals surface area (Å²) in [7, 11) is 0. The van der Waals surface area contributed by atoms with Crippen LogP contribution < -0.4 is 0 Å². The second-order valence-electron chi connectivity index (χ2n) is 3.34. The molecule has 0 saturated carbocycles. The third kappa shape index (κ3) is 1.17. The van der Waals surface area contributed by atoms with Crippen LogP contribution in [0.4, 0.5) is 0 Å². The molecule has 1 unspecified atom stereocenters. The topological polar surface area (TPSA) is 28.7 Å². The number of nitrogens with one attached hydrogen (secondary N) is 1. The molecule has 2 rings (SSSR count). The third-order valence-electron chi connectivity index (χ3n) is 2.67. The molecule has 2 heteroatoms. The highest BCUT2D eigenvalue weighted by atomic mass is 14.9. The molecular weight excluding hydrogens is 136 g/mol. The molecule has 0 radical (unpaired) electrons. The van der Waals surface area contributed by atoms with E-state index in [-0.39, 0.29) is 0 Å². The van der Waals surface area contributed by atoms with E-state index in [9.17, 15) is 0 Å². The lowest BCUT2D eigenvalue weighted by Crippen LogP contribution is -2.12. The van der Waals surface area contributed by atoms with Gasteiger partial charge in [0, 0.05) is 5.69 Å². The number of fused-ring (bicyclic) bond motifs is 1. The standard InChI is InChI=1S/C9H14N2/c1-2-7-3-4-8-9(5-7)11-6-10-8/h6-7H,2-5H2,1H3,(H,10,11). The summed E-state index contributed by atoms with van der Waals surface area (Å²) in [6.07, 6.45) is 6.85. The Morgan fingerprint density at radius 3 is 3.45 bits per heavy atom. The maximum Gasteiger partial charge on any atom is 0.0925 e. The van der Waals surface area contributed by atoms with Crippen molar-refractivity contribution in [1.29, 1.82) is 0 Å². The highest BCUT2D eigenvalue weighted by Gasteiger charge is 2.18. The minimum atomic E-state index is 0.892. The van der Waals surface area contributed by atoms with E-state index in [1.165, 1.54) is 37.1 Å². The number of aryl methyl sites for hydroxylation is 1. The normalized spacial score (nSPS) is 23.2. The summed E-state index contributed by atoms with van der Waals surface area (Å²) >= 11 is 0. The van der Waals surface area contributed by atoms with Gasteiger partial charge in [0.05, 0.1) is 12.0 Å². The van der Waals surface area contributed by atoms with Crippen LogP contribution in [0.3, 0.4) is 0 Å². The average molecular weight is 150 g/mol. The fourth-order valence-electron chi connectivity index (χ4n) is 1.82. The molecule has 0 spiro atoms. The number of aromatic amines is 1. The van der Waals surface area contributed by atoms with Gasteiger partial charge >= 0.3 is 0 Å². The molecule has 1 aliphatic rings. The Balaban J connectivity index is 2.18. The van der Waals surface area contributed by atoms with Crippen molar-refractivity contribution < 1.29 is 0 Å². The molecule has 2 nitrogen and oxygen atoms in total. The summed E-state index contributed by atoms with van der Waals surface area (Å²) in [4.78, 5) is 7.48. The minimum absolute atomic E-state index is 0.892. The van der Waals surface area contributed by atoms with Gasteiger partial charge in [0.1, 0.15) is 0 Å². The lowest BCUT2D eigenvalue weighted by molar-refractivity contribution is 0.438. The Morgan fingerprint density at radius 1 is 1.73 bits per heavy atom. The van der Waals surface area contributed by atoms with Crippen LogP contribution in [-0.2, 0) is 12.8 Å². The van der Waals surface area contributed by atoms with Crippen LogP contribution in [-0.4, -0.2) is 9.97 Å². The molecule has 0 aliphatic heterocycles. The van der Waals surface area contributed by atoms with E-state index < -0.39 is 0 Å². The van der Waals surface area contributed by atoms with Crippen molar-refractivity contribution in [3.63, 3.8) is 0 Å². The molecule has 0 bridgehead atoms. The first-order chi connectivity index (χ1) is 5.40. The van der Waals surface area contributed by atoms with Crippen molar-refractivity contribution >= 4 is 0 Å². The van der Waals surface area contributed by atoms with E-state index in [4.69, 9.17) is 0 Å². The predicted molar refractivity (Wildman–Crippen MR) is 44.4 cm³/mol. The first-order valence-corrected chi connectivity index (χ1v) is 4.41. The number of nitrogens with zero attached hydrogens (tertiary/aromatic N) is 1. The predicted octanol–water partition coefficient (Wildman–Crippen LogP) is 1.92. The molecule has 1 aliphatic carbocycles. The largest absolute Gasteiger partial charge is 0.348 e. The Bertz CT molecular complexity index is 239. The zero-order valence-corrected chi connectivity index (χ0v) is 6.93. The number of hydrogen-bond donors (Lipinski definition) is 1. The van der Waals surface area contributed by atoms with Gasteiger partial charge < -0.3 is 4.98 Å². The molecule has 60 valence electrons. The zero-order chi connectivity index (χ0) is 7.68. The van der Waals surface area contributed by atoms with Crippen LogP contribution >= 0.6 is 0 Å². The summed E-state index contributed by atoms with van der Waals surface area (Å²) < 4.78 is 0. The van der Waals surface area contributed by atoms with Gasteiger partial charge in [-0.1, -0.05) is 13.3 Å². The molecule has 1 aromatic rings. The quantitative estimate of drug-likeness (QED) is 0.651. The van der Waals surface area contributed by atoms with Crippen molar-refractivity contribution in [2.45, 2.75) is 32.6 Å². The van der Waals surface area contributed by atoms with Gasteiger partial charge in [-0.2, -0.15) is 0 Å². The molecule has 1 aromatic heterocycles. The van der Waals surface area contributed by atoms with E-state index in [1.807, 2.05) is 6.33 Å². The van der Waals surface area contributed by atoms with Crippen molar-refractivity contribution in [2.24, 2.45) is 5.92 Å². The second kappa shape index (κ2) is 2.68. The molecule has 1 atom stereocenters. The first kappa shape index (κ1) is 6.89. The smallest absolute Gasteiger partial charge is 0.0925 e. The monoisotopic (exact) mass is 150 g/mol. The Kier molecular flexibility index (Phi) is 1.68. The number of H-pyrrole nitrogens is 1. The lowest BCUT2D eigenvalue weighted by Gasteiger charge is -2.19. The molecule has 0 aromatic carbocycles. The molecular formula is C9H14N2. The van der Waals surface area contributed by atoms with Crippen LogP contribution in [0.5, 0.6) is 0 Å². The van der Waals surface area contributed by atoms with E-state index in [0.717, 1.165) is 5.92 Å². The first-order valence-electron chi connectivity index (χ1n) is 4.41. The van der Waals surface area contributed by atoms with E-state index in [1.54, 1.807) is 0 Å². The summed E-state index contributed by atoms with van der Waals surface area (Å²) in [5.74, 6) is 0.892. The summed E-state index contributed by atoms with van der Waals surface area (Å²) in [6, 6.07) is 0. The van der Waals surface area contributed by atoms with Gasteiger partial charge in [-0.05, 0) is 25.2 Å². The van der Waals surface area contributed by atoms with Crippen molar-refractivity contribution in [3.05, 3.63) is 17.7 Å². The number of imidazole rings is 1. The SMILES string of the molecule is CCC1CCc2nc[nH]c2C1. The van der Waals surface area contributed by atoms with Crippen molar-refractivity contribution in [3.8, 4) is 0 Å². The van der Waals surface area contributed by atoms with Crippen LogP contribution in [0.1, 0.15) is 31.2 Å². The van der Waals surface area contributed by atoms with Gasteiger partial charge in [-0.15, -0.1) is 0 Å². The molecule has 0 fully saturated rings. The van der Waals surface area contributed by atoms with Gasteiger partial charge in [-0.25, -0.2) is 4.98 Å². The third-order valence-corrected chi connectivity index (χ3v) is 2.67. The van der Waals surface area contributed by atoms with E-state index in [2.05, 4.69) is 16.9 Å². The fourth-order valence-corrected chi connectivity index (χ4v) is 1.82. The van der Waals surface area contributed by atoms with Crippen LogP contribution in [0, 0.1) is 5.92 Å². The van der Waals surface area contributed by atoms with Crippen molar-refractivity contribution in [1.82, 2.24) is 9.97 Å². The zero-order valence-electron chi connectivity index (χ0n) is 6.93. The van der Waals surface area contributed by atoms with E-state index in [0.29, 0.717) is 0 Å². The second-order valence-corrected chi connectivity index (χ2v) is 3.34. The van der Waals surface area contributed by atoms with Crippen molar-refractivity contribution in [2.75, 3.05) is 0 Å². The molecule has 1 N–H and O–H groups in total. The number of aromatic nitrogens is 2. The maximum absolute atomic E-state index is 4.27. The molecule has 1 heterocycles. The number of rotatable bonds is 1. The van der Waals surface area contributed by atoms with Gasteiger partial charge in [0.2, 0.25) is 0 Å². The van der Waals surface area contributed by atoms with Gasteiger partial charge in [-0.3, -0.25) is 0 Å². The molecule has 0 saturated heterocycles. The average Bonchev–Trinajstić information content (AvgIpc) is 2.50. The summed E-state index contributed by atoms with van der Waals surface area (Å²) in [6.45, 7) is 2.27. The van der Waals surface area contributed by atoms with Gasteiger partial charge in [0.15, 0.2) is 0 Å². The highest BCUT2D eigenvalue weighted by Crippen LogP contribution is 2.24. The number of hydrogen-bond acceptors (Lipinski definition) is 1. The molecule has 0 amide bonds. The Morgan fingerprint density at radius 2 is 2.64 bits per heavy atom. The summed E-state index contributed by atoms with van der Waals surface area (Å²) in [5, 5.41) is 0. The molecule has 11 heavy (non-hydrogen) atoms. The van der Waals surface area contributed by atoms with E-state index >= 15 is 0 Å². The fraction of sp³-hybridized carbons (Fsp3) is 0.667. The Hall–Kier alpha value is -0.790. The lowest BCUT2D eigenvalue weighted by atomic mass is 9.88. The van der Waals surface area contributed by atoms with Gasteiger partial charge in [0.25, 0.3) is 0 Å². The van der Waals surface area contributed by atoms with Crippen LogP contribution in [0.15, 0.2) is 6.33 Å². The minimum Gasteiger partial charge on any atom is -0.348 e. The van der Waals surface area contributed by atoms with Crippen LogP contribution in [0.2, 0.25) is 0 Å². The maximum atomic E-state index is 4.27. The highest BCUT2D eigenvalue weighted by molar-refractivity contribution is 5.15. The van der Waals surface area contributed by atoms with Crippen LogP contribution in [0.25, 0.3) is 0 Å². The Labute approximate surface area is 67.0 Å².